The van der Waals surface area contributed by atoms with Crippen molar-refractivity contribution in [3.63, 3.8) is 0 Å². The van der Waals surface area contributed by atoms with Gasteiger partial charge in [0, 0.05) is 16.7 Å². The highest BCUT2D eigenvalue weighted by Gasteiger charge is 2.21. The largest absolute Gasteiger partial charge is 0.383 e. The van der Waals surface area contributed by atoms with Crippen molar-refractivity contribution in [3.8, 4) is 28.5 Å². The molecule has 3 aromatic rings. The molecule has 0 aliphatic heterocycles. The summed E-state index contributed by atoms with van der Waals surface area (Å²) in [6.07, 6.45) is 0.607. The summed E-state index contributed by atoms with van der Waals surface area (Å²) >= 11 is 0. The van der Waals surface area contributed by atoms with E-state index >= 15 is 0 Å². The summed E-state index contributed by atoms with van der Waals surface area (Å²) in [7, 11) is 0. The van der Waals surface area contributed by atoms with Gasteiger partial charge in [-0.1, -0.05) is 55.5 Å². The first-order chi connectivity index (χ1) is 11.7. The molecule has 0 spiro atoms. The fraction of sp³-hybridized carbons (Fsp3) is 0.100. The minimum absolute atomic E-state index is 0.117. The van der Waals surface area contributed by atoms with E-state index in [-0.39, 0.29) is 17.2 Å². The Labute approximate surface area is 140 Å². The molecule has 2 N–H and O–H groups in total. The fourth-order valence-corrected chi connectivity index (χ4v) is 2.89. The molecule has 0 aliphatic carbocycles. The first kappa shape index (κ1) is 15.7. The van der Waals surface area contributed by atoms with Gasteiger partial charge in [-0.15, -0.1) is 0 Å². The van der Waals surface area contributed by atoms with E-state index in [4.69, 9.17) is 5.73 Å². The van der Waals surface area contributed by atoms with Gasteiger partial charge in [0.2, 0.25) is 0 Å². The number of benzene rings is 2. The van der Waals surface area contributed by atoms with Crippen LogP contribution >= 0.6 is 0 Å². The predicted octanol–water partition coefficient (Wildman–Crippen LogP) is 4.57. The number of rotatable bonds is 3. The van der Waals surface area contributed by atoms with E-state index in [0.29, 0.717) is 23.2 Å². The third-order valence-electron chi connectivity index (χ3n) is 3.98. The van der Waals surface area contributed by atoms with Crippen molar-refractivity contribution >= 4 is 5.82 Å². The van der Waals surface area contributed by atoms with Crippen LogP contribution in [0.25, 0.3) is 22.4 Å². The lowest BCUT2D eigenvalue weighted by molar-refractivity contribution is 0.631. The van der Waals surface area contributed by atoms with Crippen LogP contribution in [0.5, 0.6) is 0 Å². The number of nitriles is 1. The molecule has 0 radical (unpaired) electrons. The van der Waals surface area contributed by atoms with E-state index < -0.39 is 0 Å². The Bertz CT molecular complexity index is 928. The van der Waals surface area contributed by atoms with Gasteiger partial charge >= 0.3 is 0 Å². The second-order valence-electron chi connectivity index (χ2n) is 5.39. The van der Waals surface area contributed by atoms with Crippen LogP contribution in [0.3, 0.4) is 0 Å². The highest BCUT2D eigenvalue weighted by molar-refractivity contribution is 5.84. The molecule has 0 saturated heterocycles. The van der Waals surface area contributed by atoms with Crippen LogP contribution in [0.1, 0.15) is 18.1 Å². The molecule has 4 heteroatoms. The highest BCUT2D eigenvalue weighted by Crippen LogP contribution is 2.37. The van der Waals surface area contributed by atoms with Crippen molar-refractivity contribution in [2.24, 2.45) is 0 Å². The number of anilines is 1. The van der Waals surface area contributed by atoms with Crippen molar-refractivity contribution in [2.75, 3.05) is 5.73 Å². The van der Waals surface area contributed by atoms with E-state index in [9.17, 15) is 9.65 Å². The maximum Gasteiger partial charge on any atom is 0.142 e. The van der Waals surface area contributed by atoms with Gasteiger partial charge in [-0.2, -0.15) is 5.26 Å². The molecule has 0 saturated carbocycles. The first-order valence-electron chi connectivity index (χ1n) is 7.70. The van der Waals surface area contributed by atoms with E-state index in [0.717, 1.165) is 11.1 Å². The molecule has 0 amide bonds. The number of aromatic nitrogens is 1. The lowest BCUT2D eigenvalue weighted by Gasteiger charge is -2.17. The number of halogens is 1. The molecule has 0 fully saturated rings. The Hall–Kier alpha value is -3.19. The van der Waals surface area contributed by atoms with Crippen molar-refractivity contribution < 1.29 is 4.39 Å². The van der Waals surface area contributed by atoms with Crippen LogP contribution in [0, 0.1) is 17.1 Å². The molecule has 3 rings (SSSR count). The van der Waals surface area contributed by atoms with Crippen molar-refractivity contribution in [1.82, 2.24) is 4.98 Å². The van der Waals surface area contributed by atoms with E-state index in [2.05, 4.69) is 11.1 Å². The number of nitrogens with two attached hydrogens (primary N) is 1. The standard InChI is InChI=1S/C20H16FN3/c1-2-14-18(15-10-6-7-11-17(15)21)16(12-22)20(23)24-19(14)13-8-4-3-5-9-13/h3-11H,2H2,1H3,(H2,23,24). The molecule has 2 aromatic carbocycles. The van der Waals surface area contributed by atoms with Crippen LogP contribution in [-0.2, 0) is 6.42 Å². The Kier molecular flexibility index (Phi) is 4.26. The van der Waals surface area contributed by atoms with Gasteiger partial charge in [0.05, 0.1) is 5.69 Å². The van der Waals surface area contributed by atoms with Gasteiger partial charge in [-0.05, 0) is 18.1 Å². The average Bonchev–Trinajstić information content (AvgIpc) is 2.62. The zero-order valence-electron chi connectivity index (χ0n) is 13.3. The number of hydrogen-bond donors (Lipinski definition) is 1. The number of hydrogen-bond acceptors (Lipinski definition) is 3. The monoisotopic (exact) mass is 317 g/mol. The molecule has 3 nitrogen and oxygen atoms in total. The summed E-state index contributed by atoms with van der Waals surface area (Å²) in [5, 5.41) is 9.54. The van der Waals surface area contributed by atoms with Gasteiger partial charge in [-0.25, -0.2) is 9.37 Å². The van der Waals surface area contributed by atoms with Crippen LogP contribution in [0.2, 0.25) is 0 Å². The van der Waals surface area contributed by atoms with Gasteiger partial charge in [0.25, 0.3) is 0 Å². The molecule has 0 unspecified atom stereocenters. The van der Waals surface area contributed by atoms with Crippen LogP contribution in [-0.4, -0.2) is 4.98 Å². The Morgan fingerprint density at radius 1 is 1.08 bits per heavy atom. The second kappa shape index (κ2) is 6.51. The minimum Gasteiger partial charge on any atom is -0.383 e. The van der Waals surface area contributed by atoms with Gasteiger partial charge < -0.3 is 5.73 Å². The summed E-state index contributed by atoms with van der Waals surface area (Å²) in [4.78, 5) is 4.43. The topological polar surface area (TPSA) is 62.7 Å². The van der Waals surface area contributed by atoms with Crippen LogP contribution in [0.4, 0.5) is 10.2 Å². The zero-order valence-corrected chi connectivity index (χ0v) is 13.3. The summed E-state index contributed by atoms with van der Waals surface area (Å²) < 4.78 is 14.4. The quantitative estimate of drug-likeness (QED) is 0.769. The molecular weight excluding hydrogens is 301 g/mol. The minimum atomic E-state index is -0.381. The third-order valence-corrected chi connectivity index (χ3v) is 3.98. The van der Waals surface area contributed by atoms with E-state index in [1.165, 1.54) is 6.07 Å². The van der Waals surface area contributed by atoms with Crippen LogP contribution < -0.4 is 5.73 Å². The maximum atomic E-state index is 14.4. The lowest BCUT2D eigenvalue weighted by atomic mass is 9.90. The molecule has 0 atom stereocenters. The van der Waals surface area contributed by atoms with Crippen molar-refractivity contribution in [1.29, 1.82) is 5.26 Å². The molecule has 0 bridgehead atoms. The number of nitrogen functional groups attached to an aromatic ring is 1. The van der Waals surface area contributed by atoms with Crippen LogP contribution in [0.15, 0.2) is 54.6 Å². The summed E-state index contributed by atoms with van der Waals surface area (Å²) in [5.41, 5.74) is 9.54. The lowest BCUT2D eigenvalue weighted by Crippen LogP contribution is -2.05. The maximum absolute atomic E-state index is 14.4. The van der Waals surface area contributed by atoms with Crippen molar-refractivity contribution in [2.45, 2.75) is 13.3 Å². The Morgan fingerprint density at radius 3 is 2.38 bits per heavy atom. The predicted molar refractivity (Wildman–Crippen MR) is 93.6 cm³/mol. The molecule has 0 aliphatic rings. The highest BCUT2D eigenvalue weighted by atomic mass is 19.1. The number of nitrogens with zero attached hydrogens (tertiary/aromatic N) is 2. The van der Waals surface area contributed by atoms with E-state index in [1.54, 1.807) is 18.2 Å². The Morgan fingerprint density at radius 2 is 1.75 bits per heavy atom. The molecule has 1 aromatic heterocycles. The summed E-state index contributed by atoms with van der Waals surface area (Å²) in [6.45, 7) is 1.96. The van der Waals surface area contributed by atoms with Gasteiger partial charge in [-0.3, -0.25) is 0 Å². The van der Waals surface area contributed by atoms with Crippen molar-refractivity contribution in [3.05, 3.63) is 71.5 Å². The fourth-order valence-electron chi connectivity index (χ4n) is 2.89. The first-order valence-corrected chi connectivity index (χ1v) is 7.70. The molecular formula is C20H16FN3. The number of pyridine rings is 1. The summed E-state index contributed by atoms with van der Waals surface area (Å²) in [5.74, 6) is -0.264. The molecule has 24 heavy (non-hydrogen) atoms. The summed E-state index contributed by atoms with van der Waals surface area (Å²) in [6, 6.07) is 18.1. The average molecular weight is 317 g/mol. The van der Waals surface area contributed by atoms with E-state index in [1.807, 2.05) is 37.3 Å². The molecule has 1 heterocycles. The Balaban J connectivity index is 2.41. The third kappa shape index (κ3) is 2.61. The molecule has 118 valence electrons. The normalized spacial score (nSPS) is 10.4. The smallest absolute Gasteiger partial charge is 0.142 e. The van der Waals surface area contributed by atoms with Gasteiger partial charge in [0.1, 0.15) is 23.3 Å². The SMILES string of the molecule is CCc1c(-c2ccccc2)nc(N)c(C#N)c1-c1ccccc1F. The van der Waals surface area contributed by atoms with Gasteiger partial charge in [0.15, 0.2) is 0 Å². The second-order valence-corrected chi connectivity index (χ2v) is 5.39. The zero-order chi connectivity index (χ0) is 17.1.